The van der Waals surface area contributed by atoms with Crippen LogP contribution in [-0.4, -0.2) is 31.1 Å². The van der Waals surface area contributed by atoms with E-state index in [1.807, 2.05) is 20.9 Å². The van der Waals surface area contributed by atoms with Gasteiger partial charge in [0.2, 0.25) is 0 Å². The Morgan fingerprint density at radius 2 is 1.89 bits per heavy atom. The summed E-state index contributed by atoms with van der Waals surface area (Å²) in [4.78, 5) is 2.12. The van der Waals surface area contributed by atoms with Gasteiger partial charge in [0, 0.05) is 19.1 Å². The molecule has 0 saturated heterocycles. The molecule has 1 rings (SSSR count). The molecule has 0 aliphatic carbocycles. The number of halogens is 3. The molecule has 108 valence electrons. The molecule has 0 amide bonds. The predicted molar refractivity (Wildman–Crippen MR) is 70.9 cm³/mol. The maximum absolute atomic E-state index is 12.8. The number of hydrogen-bond donors (Lipinski definition) is 1. The van der Waals surface area contributed by atoms with Crippen molar-refractivity contribution in [1.82, 2.24) is 10.2 Å². The Hall–Kier alpha value is -1.07. The third-order valence-electron chi connectivity index (χ3n) is 3.09. The van der Waals surface area contributed by atoms with Crippen LogP contribution in [0.5, 0.6) is 0 Å². The van der Waals surface area contributed by atoms with Gasteiger partial charge in [-0.3, -0.25) is 0 Å². The SMILES string of the molecule is CCN(C)CC(C)NCc1ccccc1C(F)(F)F. The molecule has 1 N–H and O–H groups in total. The van der Waals surface area contributed by atoms with Gasteiger partial charge >= 0.3 is 6.18 Å². The number of benzene rings is 1. The number of likely N-dealkylation sites (N-methyl/N-ethyl adjacent to an activating group) is 1. The van der Waals surface area contributed by atoms with Crippen LogP contribution in [0.2, 0.25) is 0 Å². The van der Waals surface area contributed by atoms with E-state index in [2.05, 4.69) is 10.2 Å². The number of hydrogen-bond acceptors (Lipinski definition) is 2. The molecule has 0 heterocycles. The lowest BCUT2D eigenvalue weighted by Gasteiger charge is -2.21. The van der Waals surface area contributed by atoms with Gasteiger partial charge in [0.15, 0.2) is 0 Å². The summed E-state index contributed by atoms with van der Waals surface area (Å²) in [6.45, 7) is 5.98. The van der Waals surface area contributed by atoms with Gasteiger partial charge in [0.25, 0.3) is 0 Å². The maximum Gasteiger partial charge on any atom is 0.416 e. The number of nitrogens with zero attached hydrogens (tertiary/aromatic N) is 1. The van der Waals surface area contributed by atoms with Gasteiger partial charge in [-0.05, 0) is 32.1 Å². The monoisotopic (exact) mass is 274 g/mol. The van der Waals surface area contributed by atoms with Gasteiger partial charge in [-0.15, -0.1) is 0 Å². The molecule has 0 fully saturated rings. The molecule has 1 aromatic rings. The van der Waals surface area contributed by atoms with E-state index in [4.69, 9.17) is 0 Å². The highest BCUT2D eigenvalue weighted by Crippen LogP contribution is 2.31. The summed E-state index contributed by atoms with van der Waals surface area (Å²) in [6.07, 6.45) is -4.29. The van der Waals surface area contributed by atoms with Gasteiger partial charge in [-0.2, -0.15) is 13.2 Å². The van der Waals surface area contributed by atoms with Crippen molar-refractivity contribution >= 4 is 0 Å². The molecule has 0 bridgehead atoms. The van der Waals surface area contributed by atoms with Crippen molar-refractivity contribution < 1.29 is 13.2 Å². The first-order chi connectivity index (χ1) is 8.84. The van der Waals surface area contributed by atoms with Crippen molar-refractivity contribution in [1.29, 1.82) is 0 Å². The summed E-state index contributed by atoms with van der Waals surface area (Å²) >= 11 is 0. The fourth-order valence-electron chi connectivity index (χ4n) is 1.90. The number of nitrogens with one attached hydrogen (secondary N) is 1. The molecular formula is C14H21F3N2. The van der Waals surface area contributed by atoms with Crippen LogP contribution in [0.4, 0.5) is 13.2 Å². The van der Waals surface area contributed by atoms with Gasteiger partial charge in [-0.25, -0.2) is 0 Å². The fraction of sp³-hybridized carbons (Fsp3) is 0.571. The van der Waals surface area contributed by atoms with Crippen LogP contribution < -0.4 is 5.32 Å². The van der Waals surface area contributed by atoms with Crippen LogP contribution in [0, 0.1) is 0 Å². The second-order valence-corrected chi connectivity index (χ2v) is 4.79. The molecule has 0 spiro atoms. The zero-order valence-corrected chi connectivity index (χ0v) is 11.6. The van der Waals surface area contributed by atoms with Gasteiger partial charge in [0.1, 0.15) is 0 Å². The predicted octanol–water partition coefficient (Wildman–Crippen LogP) is 3.14. The van der Waals surface area contributed by atoms with Crippen molar-refractivity contribution in [2.45, 2.75) is 32.6 Å². The Balaban J connectivity index is 2.63. The highest BCUT2D eigenvalue weighted by atomic mass is 19.4. The first kappa shape index (κ1) is 16.0. The van der Waals surface area contributed by atoms with Crippen molar-refractivity contribution in [3.05, 3.63) is 35.4 Å². The normalized spacial score (nSPS) is 13.8. The average molecular weight is 274 g/mol. The maximum atomic E-state index is 12.8. The molecule has 1 unspecified atom stereocenters. The van der Waals surface area contributed by atoms with Crippen molar-refractivity contribution in [2.24, 2.45) is 0 Å². The Bertz CT molecular complexity index is 391. The van der Waals surface area contributed by atoms with Crippen LogP contribution in [0.1, 0.15) is 25.0 Å². The standard InChI is InChI=1S/C14H21F3N2/c1-4-19(3)10-11(2)18-9-12-7-5-6-8-13(12)14(15,16)17/h5-8,11,18H,4,9-10H2,1-3H3. The second-order valence-electron chi connectivity index (χ2n) is 4.79. The quantitative estimate of drug-likeness (QED) is 0.857. The molecule has 2 nitrogen and oxygen atoms in total. The summed E-state index contributed by atoms with van der Waals surface area (Å²) in [5, 5.41) is 3.13. The van der Waals surface area contributed by atoms with Crippen molar-refractivity contribution in [2.75, 3.05) is 20.1 Å². The Morgan fingerprint density at radius 1 is 1.26 bits per heavy atom. The highest BCUT2D eigenvalue weighted by molar-refractivity contribution is 5.29. The van der Waals surface area contributed by atoms with Crippen LogP contribution in [0.15, 0.2) is 24.3 Å². The van der Waals surface area contributed by atoms with E-state index in [9.17, 15) is 13.2 Å². The zero-order chi connectivity index (χ0) is 14.5. The molecule has 0 aromatic heterocycles. The van der Waals surface area contributed by atoms with E-state index in [0.717, 1.165) is 19.2 Å². The third kappa shape index (κ3) is 5.20. The molecule has 1 aromatic carbocycles. The Labute approximate surface area is 112 Å². The van der Waals surface area contributed by atoms with E-state index in [-0.39, 0.29) is 12.6 Å². The van der Waals surface area contributed by atoms with Crippen LogP contribution in [-0.2, 0) is 12.7 Å². The minimum atomic E-state index is -4.29. The van der Waals surface area contributed by atoms with E-state index in [1.54, 1.807) is 6.07 Å². The first-order valence-corrected chi connectivity index (χ1v) is 6.41. The minimum absolute atomic E-state index is 0.145. The highest BCUT2D eigenvalue weighted by Gasteiger charge is 2.32. The lowest BCUT2D eigenvalue weighted by Crippen LogP contribution is -2.37. The fourth-order valence-corrected chi connectivity index (χ4v) is 1.90. The topological polar surface area (TPSA) is 15.3 Å². The Kier molecular flexibility index (Phi) is 5.82. The second kappa shape index (κ2) is 6.91. The molecule has 19 heavy (non-hydrogen) atoms. The minimum Gasteiger partial charge on any atom is -0.309 e. The van der Waals surface area contributed by atoms with Crippen molar-refractivity contribution in [3.63, 3.8) is 0 Å². The van der Waals surface area contributed by atoms with E-state index in [1.165, 1.54) is 12.1 Å². The summed E-state index contributed by atoms with van der Waals surface area (Å²) in [5.74, 6) is 0. The third-order valence-corrected chi connectivity index (χ3v) is 3.09. The Morgan fingerprint density at radius 3 is 2.47 bits per heavy atom. The first-order valence-electron chi connectivity index (χ1n) is 6.41. The van der Waals surface area contributed by atoms with E-state index >= 15 is 0 Å². The smallest absolute Gasteiger partial charge is 0.309 e. The largest absolute Gasteiger partial charge is 0.416 e. The summed E-state index contributed by atoms with van der Waals surface area (Å²) in [7, 11) is 1.99. The van der Waals surface area contributed by atoms with Crippen LogP contribution in [0.25, 0.3) is 0 Å². The lowest BCUT2D eigenvalue weighted by molar-refractivity contribution is -0.138. The summed E-state index contributed by atoms with van der Waals surface area (Å²) < 4.78 is 38.4. The number of alkyl halides is 3. The zero-order valence-electron chi connectivity index (χ0n) is 11.6. The van der Waals surface area contributed by atoms with Crippen LogP contribution in [0.3, 0.4) is 0 Å². The van der Waals surface area contributed by atoms with Crippen molar-refractivity contribution in [3.8, 4) is 0 Å². The van der Waals surface area contributed by atoms with E-state index in [0.29, 0.717) is 5.56 Å². The molecule has 0 saturated carbocycles. The molecular weight excluding hydrogens is 253 g/mol. The van der Waals surface area contributed by atoms with Gasteiger partial charge in [-0.1, -0.05) is 25.1 Å². The summed E-state index contributed by atoms with van der Waals surface area (Å²) in [6, 6.07) is 5.84. The molecule has 0 aliphatic rings. The lowest BCUT2D eigenvalue weighted by atomic mass is 10.1. The van der Waals surface area contributed by atoms with Gasteiger partial charge < -0.3 is 10.2 Å². The van der Waals surface area contributed by atoms with E-state index < -0.39 is 11.7 Å². The molecule has 1 atom stereocenters. The molecule has 0 radical (unpaired) electrons. The summed E-state index contributed by atoms with van der Waals surface area (Å²) in [5.41, 5.74) is -0.264. The number of rotatable bonds is 6. The molecule has 5 heteroatoms. The van der Waals surface area contributed by atoms with Crippen LogP contribution >= 0.6 is 0 Å². The average Bonchev–Trinajstić information content (AvgIpc) is 2.35. The molecule has 0 aliphatic heterocycles. The van der Waals surface area contributed by atoms with Gasteiger partial charge in [0.05, 0.1) is 5.56 Å².